The number of rotatable bonds is 6. The van der Waals surface area contributed by atoms with Gasteiger partial charge in [-0.2, -0.15) is 0 Å². The Kier molecular flexibility index (Phi) is 4.65. The molecule has 0 aliphatic carbocycles. The largest absolute Gasteiger partial charge is 0.379 e. The van der Waals surface area contributed by atoms with Crippen molar-refractivity contribution in [2.24, 2.45) is 0 Å². The van der Waals surface area contributed by atoms with Gasteiger partial charge in [-0.25, -0.2) is 4.68 Å². The van der Waals surface area contributed by atoms with Gasteiger partial charge in [0.2, 0.25) is 0 Å². The highest BCUT2D eigenvalue weighted by molar-refractivity contribution is 5.32. The fourth-order valence-electron chi connectivity index (χ4n) is 2.29. The quantitative estimate of drug-likeness (QED) is 0.862. The smallest absolute Gasteiger partial charge is 0.0841 e. The van der Waals surface area contributed by atoms with E-state index < -0.39 is 0 Å². The van der Waals surface area contributed by atoms with Crippen molar-refractivity contribution >= 4 is 0 Å². The number of nitrogens with zero attached hydrogens (tertiary/aromatic N) is 3. The third kappa shape index (κ3) is 2.83. The second-order valence-corrected chi connectivity index (χ2v) is 4.35. The van der Waals surface area contributed by atoms with Crippen molar-refractivity contribution in [3.63, 3.8) is 0 Å². The lowest BCUT2D eigenvalue weighted by Gasteiger charge is -2.24. The zero-order valence-corrected chi connectivity index (χ0v) is 11.6. The van der Waals surface area contributed by atoms with Gasteiger partial charge in [-0.3, -0.25) is 0 Å². The van der Waals surface area contributed by atoms with Crippen molar-refractivity contribution in [3.8, 4) is 5.69 Å². The monoisotopic (exact) mass is 260 g/mol. The first-order chi connectivity index (χ1) is 9.31. The van der Waals surface area contributed by atoms with Gasteiger partial charge in [0.25, 0.3) is 0 Å². The SMILES string of the molecule is CCC(OC)C(NC)c1cnnn1-c1ccccc1. The highest BCUT2D eigenvalue weighted by atomic mass is 16.5. The first-order valence-corrected chi connectivity index (χ1v) is 6.47. The molecule has 5 nitrogen and oxygen atoms in total. The van der Waals surface area contributed by atoms with Gasteiger partial charge in [-0.05, 0) is 25.6 Å². The zero-order valence-electron chi connectivity index (χ0n) is 11.6. The molecule has 5 heteroatoms. The van der Waals surface area contributed by atoms with Crippen LogP contribution in [0.25, 0.3) is 5.69 Å². The number of likely N-dealkylation sites (N-methyl/N-ethyl adjacent to an activating group) is 1. The number of nitrogens with one attached hydrogen (secondary N) is 1. The Morgan fingerprint density at radius 1 is 1.32 bits per heavy atom. The Bertz CT molecular complexity index is 493. The summed E-state index contributed by atoms with van der Waals surface area (Å²) in [4.78, 5) is 0. The van der Waals surface area contributed by atoms with Gasteiger partial charge in [0, 0.05) is 7.11 Å². The van der Waals surface area contributed by atoms with Crippen molar-refractivity contribution in [3.05, 3.63) is 42.2 Å². The standard InChI is InChI=1S/C14H20N4O/c1-4-13(19-3)14(15-2)12-10-16-17-18(12)11-8-6-5-7-9-11/h5-10,13-15H,4H2,1-3H3. The molecule has 2 unspecified atom stereocenters. The Morgan fingerprint density at radius 2 is 2.05 bits per heavy atom. The van der Waals surface area contributed by atoms with E-state index in [2.05, 4.69) is 22.6 Å². The molecule has 0 aliphatic rings. The van der Waals surface area contributed by atoms with E-state index in [9.17, 15) is 0 Å². The molecule has 19 heavy (non-hydrogen) atoms. The molecule has 0 bridgehead atoms. The minimum atomic E-state index is 0.0604. The van der Waals surface area contributed by atoms with Crippen LogP contribution in [-0.4, -0.2) is 35.3 Å². The molecule has 0 spiro atoms. The van der Waals surface area contributed by atoms with E-state index in [4.69, 9.17) is 4.74 Å². The van der Waals surface area contributed by atoms with Crippen LogP contribution in [0.2, 0.25) is 0 Å². The van der Waals surface area contributed by atoms with Crippen LogP contribution in [0.1, 0.15) is 25.1 Å². The summed E-state index contributed by atoms with van der Waals surface area (Å²) >= 11 is 0. The second-order valence-electron chi connectivity index (χ2n) is 4.35. The Balaban J connectivity index is 2.38. The fourth-order valence-corrected chi connectivity index (χ4v) is 2.29. The predicted molar refractivity (Wildman–Crippen MR) is 74.2 cm³/mol. The zero-order chi connectivity index (χ0) is 13.7. The van der Waals surface area contributed by atoms with Gasteiger partial charge in [0.1, 0.15) is 0 Å². The normalized spacial score (nSPS) is 14.3. The summed E-state index contributed by atoms with van der Waals surface area (Å²) in [7, 11) is 3.66. The first kappa shape index (κ1) is 13.7. The summed E-state index contributed by atoms with van der Waals surface area (Å²) in [5, 5.41) is 11.5. The number of methoxy groups -OCH3 is 1. The number of para-hydroxylation sites is 1. The maximum Gasteiger partial charge on any atom is 0.0841 e. The molecule has 2 rings (SSSR count). The Hall–Kier alpha value is -1.72. The van der Waals surface area contributed by atoms with Gasteiger partial charge in [0.15, 0.2) is 0 Å². The number of benzene rings is 1. The molecule has 2 aromatic rings. The van der Waals surface area contributed by atoms with Gasteiger partial charge in [-0.15, -0.1) is 5.10 Å². The number of hydrogen-bond donors (Lipinski definition) is 1. The molecular weight excluding hydrogens is 240 g/mol. The van der Waals surface area contributed by atoms with Gasteiger partial charge in [-0.1, -0.05) is 30.3 Å². The van der Waals surface area contributed by atoms with Crippen molar-refractivity contribution in [1.29, 1.82) is 0 Å². The summed E-state index contributed by atoms with van der Waals surface area (Å²) in [6.45, 7) is 2.11. The average Bonchev–Trinajstić information content (AvgIpc) is 2.94. The molecule has 0 aliphatic heterocycles. The summed E-state index contributed by atoms with van der Waals surface area (Å²) in [6, 6.07) is 10.0. The highest BCUT2D eigenvalue weighted by Gasteiger charge is 2.24. The Morgan fingerprint density at radius 3 is 2.63 bits per heavy atom. The summed E-state index contributed by atoms with van der Waals surface area (Å²) in [5.74, 6) is 0. The van der Waals surface area contributed by atoms with E-state index in [0.717, 1.165) is 17.8 Å². The van der Waals surface area contributed by atoms with Crippen LogP contribution in [0.4, 0.5) is 0 Å². The van der Waals surface area contributed by atoms with E-state index in [0.29, 0.717) is 0 Å². The van der Waals surface area contributed by atoms with Gasteiger partial charge >= 0.3 is 0 Å². The van der Waals surface area contributed by atoms with E-state index in [1.165, 1.54) is 0 Å². The van der Waals surface area contributed by atoms with E-state index in [-0.39, 0.29) is 12.1 Å². The van der Waals surface area contributed by atoms with E-state index >= 15 is 0 Å². The maximum atomic E-state index is 5.54. The molecule has 0 fully saturated rings. The van der Waals surface area contributed by atoms with E-state index in [1.54, 1.807) is 13.3 Å². The van der Waals surface area contributed by atoms with Crippen LogP contribution in [0, 0.1) is 0 Å². The molecule has 2 atom stereocenters. The van der Waals surface area contributed by atoms with Crippen LogP contribution in [0.3, 0.4) is 0 Å². The summed E-state index contributed by atoms with van der Waals surface area (Å²) in [6.07, 6.45) is 2.80. The molecule has 1 N–H and O–H groups in total. The minimum absolute atomic E-state index is 0.0604. The van der Waals surface area contributed by atoms with Gasteiger partial charge in [0.05, 0.1) is 29.7 Å². The topological polar surface area (TPSA) is 52.0 Å². The first-order valence-electron chi connectivity index (χ1n) is 6.47. The molecule has 0 saturated heterocycles. The lowest BCUT2D eigenvalue weighted by Crippen LogP contribution is -2.32. The van der Waals surface area contributed by atoms with Crippen LogP contribution in [0.15, 0.2) is 36.5 Å². The molecular formula is C14H20N4O. The van der Waals surface area contributed by atoms with Crippen molar-refractivity contribution in [2.75, 3.05) is 14.2 Å². The Labute approximate surface area is 113 Å². The molecule has 0 saturated carbocycles. The number of aromatic nitrogens is 3. The fraction of sp³-hybridized carbons (Fsp3) is 0.429. The van der Waals surface area contributed by atoms with Crippen LogP contribution < -0.4 is 5.32 Å². The molecule has 1 aromatic heterocycles. The third-order valence-corrected chi connectivity index (χ3v) is 3.28. The lowest BCUT2D eigenvalue weighted by atomic mass is 10.1. The van der Waals surface area contributed by atoms with E-state index in [1.807, 2.05) is 42.1 Å². The second kappa shape index (κ2) is 6.45. The lowest BCUT2D eigenvalue weighted by molar-refractivity contribution is 0.0655. The number of ether oxygens (including phenoxy) is 1. The van der Waals surface area contributed by atoms with Crippen molar-refractivity contribution in [1.82, 2.24) is 20.3 Å². The van der Waals surface area contributed by atoms with Crippen LogP contribution in [-0.2, 0) is 4.74 Å². The van der Waals surface area contributed by atoms with Crippen LogP contribution in [0.5, 0.6) is 0 Å². The molecule has 1 aromatic carbocycles. The summed E-state index contributed by atoms with van der Waals surface area (Å²) in [5.41, 5.74) is 2.00. The predicted octanol–water partition coefficient (Wildman–Crippen LogP) is 1.95. The maximum absolute atomic E-state index is 5.54. The molecule has 0 amide bonds. The van der Waals surface area contributed by atoms with Crippen molar-refractivity contribution < 1.29 is 4.74 Å². The third-order valence-electron chi connectivity index (χ3n) is 3.28. The van der Waals surface area contributed by atoms with Crippen molar-refractivity contribution in [2.45, 2.75) is 25.5 Å². The average molecular weight is 260 g/mol. The minimum Gasteiger partial charge on any atom is -0.379 e. The highest BCUT2D eigenvalue weighted by Crippen LogP contribution is 2.22. The molecule has 0 radical (unpaired) electrons. The summed E-state index contributed by atoms with van der Waals surface area (Å²) < 4.78 is 7.39. The van der Waals surface area contributed by atoms with Crippen LogP contribution >= 0.6 is 0 Å². The molecule has 102 valence electrons. The number of hydrogen-bond acceptors (Lipinski definition) is 4. The van der Waals surface area contributed by atoms with Gasteiger partial charge < -0.3 is 10.1 Å². The molecule has 1 heterocycles.